The van der Waals surface area contributed by atoms with E-state index >= 15 is 0 Å². The quantitative estimate of drug-likeness (QED) is 0.857. The number of hydrogen-bond acceptors (Lipinski definition) is 2. The number of benzene rings is 1. The van der Waals surface area contributed by atoms with E-state index in [4.69, 9.17) is 28.9 Å². The van der Waals surface area contributed by atoms with Gasteiger partial charge in [0.05, 0.1) is 6.04 Å². The van der Waals surface area contributed by atoms with Gasteiger partial charge in [-0.25, -0.2) is 0 Å². The van der Waals surface area contributed by atoms with Crippen molar-refractivity contribution in [1.82, 2.24) is 4.90 Å². The number of hydrogen-bond donors (Lipinski definition) is 1. The molecule has 5 heteroatoms. The number of halogens is 2. The van der Waals surface area contributed by atoms with Gasteiger partial charge in [-0.2, -0.15) is 0 Å². The first-order valence-corrected chi connectivity index (χ1v) is 7.50. The van der Waals surface area contributed by atoms with Gasteiger partial charge in [-0.05, 0) is 51.0 Å². The molecular formula is C15H20Cl2N2O. The largest absolute Gasteiger partial charge is 0.329 e. The first-order chi connectivity index (χ1) is 9.21. The van der Waals surface area contributed by atoms with Crippen LogP contribution in [0.1, 0.15) is 45.2 Å². The molecule has 2 unspecified atom stereocenters. The zero-order valence-corrected chi connectivity index (χ0v) is 13.5. The Morgan fingerprint density at radius 3 is 2.55 bits per heavy atom. The molecule has 0 spiro atoms. The number of carbonyl (C=O) groups is 1. The first kappa shape index (κ1) is 15.6. The molecule has 20 heavy (non-hydrogen) atoms. The smallest absolute Gasteiger partial charge is 0.223 e. The van der Waals surface area contributed by atoms with Gasteiger partial charge in [0.15, 0.2) is 0 Å². The van der Waals surface area contributed by atoms with Crippen LogP contribution in [0.4, 0.5) is 0 Å². The van der Waals surface area contributed by atoms with Gasteiger partial charge < -0.3 is 10.6 Å². The Morgan fingerprint density at radius 2 is 1.95 bits per heavy atom. The summed E-state index contributed by atoms with van der Waals surface area (Å²) < 4.78 is 0. The number of likely N-dealkylation sites (tertiary alicyclic amines) is 1. The highest BCUT2D eigenvalue weighted by Crippen LogP contribution is 2.39. The maximum absolute atomic E-state index is 12.4. The average Bonchev–Trinajstić information content (AvgIpc) is 2.33. The van der Waals surface area contributed by atoms with E-state index in [1.165, 1.54) is 0 Å². The Morgan fingerprint density at radius 1 is 1.30 bits per heavy atom. The second-order valence-electron chi connectivity index (χ2n) is 6.25. The Labute approximate surface area is 130 Å². The Balaban J connectivity index is 2.53. The maximum atomic E-state index is 12.4. The zero-order chi connectivity index (χ0) is 15.1. The highest BCUT2D eigenvalue weighted by atomic mass is 35.5. The number of nitrogens with two attached hydrogens (primary N) is 1. The van der Waals surface area contributed by atoms with E-state index < -0.39 is 0 Å². The molecule has 2 N–H and O–H groups in total. The Kier molecular flexibility index (Phi) is 4.33. The van der Waals surface area contributed by atoms with Crippen LogP contribution < -0.4 is 5.73 Å². The summed E-state index contributed by atoms with van der Waals surface area (Å²) in [5.74, 6) is 0.111. The number of rotatable bonds is 1. The van der Waals surface area contributed by atoms with Gasteiger partial charge in [0.25, 0.3) is 0 Å². The number of carbonyl (C=O) groups excluding carboxylic acids is 1. The van der Waals surface area contributed by atoms with Crippen LogP contribution in [0.5, 0.6) is 0 Å². The van der Waals surface area contributed by atoms with Crippen LogP contribution >= 0.6 is 23.2 Å². The lowest BCUT2D eigenvalue weighted by atomic mass is 9.86. The summed E-state index contributed by atoms with van der Waals surface area (Å²) in [5.41, 5.74) is 6.80. The summed E-state index contributed by atoms with van der Waals surface area (Å²) in [5, 5.41) is 1.20. The fourth-order valence-corrected chi connectivity index (χ4v) is 3.23. The van der Waals surface area contributed by atoms with E-state index in [2.05, 4.69) is 0 Å². The molecule has 1 aliphatic heterocycles. The van der Waals surface area contributed by atoms with Crippen molar-refractivity contribution in [2.45, 2.75) is 51.2 Å². The summed E-state index contributed by atoms with van der Waals surface area (Å²) in [4.78, 5) is 14.2. The number of piperidine rings is 1. The molecule has 2 atom stereocenters. The third-order valence-electron chi connectivity index (χ3n) is 3.64. The van der Waals surface area contributed by atoms with E-state index in [9.17, 15) is 4.79 Å². The van der Waals surface area contributed by atoms with Crippen LogP contribution in [0.15, 0.2) is 18.2 Å². The van der Waals surface area contributed by atoms with Crippen LogP contribution in [0.2, 0.25) is 10.0 Å². The van der Waals surface area contributed by atoms with Crippen molar-refractivity contribution >= 4 is 29.1 Å². The zero-order valence-electron chi connectivity index (χ0n) is 12.0. The molecule has 1 aromatic rings. The minimum atomic E-state index is -0.314. The summed E-state index contributed by atoms with van der Waals surface area (Å²) in [6.07, 6.45) is 1.14. The molecule has 0 saturated carbocycles. The highest BCUT2D eigenvalue weighted by molar-refractivity contribution is 6.33. The van der Waals surface area contributed by atoms with Gasteiger partial charge in [-0.15, -0.1) is 0 Å². The lowest BCUT2D eigenvalue weighted by Gasteiger charge is -2.47. The molecule has 1 aliphatic rings. The van der Waals surface area contributed by atoms with Gasteiger partial charge in [0, 0.05) is 28.0 Å². The summed E-state index contributed by atoms with van der Waals surface area (Å²) in [7, 11) is 0. The van der Waals surface area contributed by atoms with Gasteiger partial charge in [-0.3, -0.25) is 4.79 Å². The van der Waals surface area contributed by atoms with E-state index in [0.29, 0.717) is 22.9 Å². The lowest BCUT2D eigenvalue weighted by molar-refractivity contribution is -0.144. The molecule has 0 bridgehead atoms. The second kappa shape index (κ2) is 5.55. The first-order valence-electron chi connectivity index (χ1n) is 6.74. The van der Waals surface area contributed by atoms with Crippen molar-refractivity contribution in [1.29, 1.82) is 0 Å². The predicted molar refractivity (Wildman–Crippen MR) is 83.0 cm³/mol. The van der Waals surface area contributed by atoms with Crippen LogP contribution in [-0.2, 0) is 4.79 Å². The van der Waals surface area contributed by atoms with Crippen molar-refractivity contribution in [3.63, 3.8) is 0 Å². The number of nitrogens with zero attached hydrogens (tertiary/aromatic N) is 1. The van der Waals surface area contributed by atoms with Crippen LogP contribution in [0.3, 0.4) is 0 Å². The van der Waals surface area contributed by atoms with Crippen molar-refractivity contribution < 1.29 is 4.79 Å². The third kappa shape index (κ3) is 2.95. The fourth-order valence-electron chi connectivity index (χ4n) is 2.82. The highest BCUT2D eigenvalue weighted by Gasteiger charge is 2.41. The molecule has 0 radical (unpaired) electrons. The van der Waals surface area contributed by atoms with E-state index in [1.807, 2.05) is 31.7 Å². The molecule has 0 aliphatic carbocycles. The van der Waals surface area contributed by atoms with Crippen molar-refractivity contribution in [2.75, 3.05) is 0 Å². The van der Waals surface area contributed by atoms with Gasteiger partial charge in [0.2, 0.25) is 5.91 Å². The van der Waals surface area contributed by atoms with E-state index in [-0.39, 0.29) is 23.5 Å². The minimum absolute atomic E-state index is 0.111. The average molecular weight is 315 g/mol. The van der Waals surface area contributed by atoms with Crippen LogP contribution in [0.25, 0.3) is 0 Å². The van der Waals surface area contributed by atoms with Crippen molar-refractivity contribution in [2.24, 2.45) is 5.73 Å². The molecule has 1 saturated heterocycles. The van der Waals surface area contributed by atoms with Crippen LogP contribution in [0, 0.1) is 0 Å². The van der Waals surface area contributed by atoms with Crippen LogP contribution in [-0.4, -0.2) is 22.4 Å². The SMILES string of the molecule is CC(C)(C)N1C(=O)CCC(N)C1c1cc(Cl)ccc1Cl. The maximum Gasteiger partial charge on any atom is 0.223 e. The molecule has 110 valence electrons. The summed E-state index contributed by atoms with van der Waals surface area (Å²) in [6, 6.07) is 4.94. The van der Waals surface area contributed by atoms with Crippen molar-refractivity contribution in [3.05, 3.63) is 33.8 Å². The summed E-state index contributed by atoms with van der Waals surface area (Å²) >= 11 is 12.4. The normalized spacial score (nSPS) is 24.1. The molecule has 1 heterocycles. The topological polar surface area (TPSA) is 46.3 Å². The second-order valence-corrected chi connectivity index (χ2v) is 7.09. The molecule has 2 rings (SSSR count). The fraction of sp³-hybridized carbons (Fsp3) is 0.533. The van der Waals surface area contributed by atoms with Gasteiger partial charge >= 0.3 is 0 Å². The predicted octanol–water partition coefficient (Wildman–Crippen LogP) is 3.78. The standard InChI is InChI=1S/C15H20Cl2N2O/c1-15(2,3)19-13(20)7-6-12(18)14(19)10-8-9(16)4-5-11(10)17/h4-5,8,12,14H,6-7,18H2,1-3H3. The van der Waals surface area contributed by atoms with E-state index in [1.54, 1.807) is 12.1 Å². The minimum Gasteiger partial charge on any atom is -0.329 e. The Hall–Kier alpha value is -0.770. The van der Waals surface area contributed by atoms with Gasteiger partial charge in [0.1, 0.15) is 0 Å². The van der Waals surface area contributed by atoms with E-state index in [0.717, 1.165) is 5.56 Å². The van der Waals surface area contributed by atoms with Gasteiger partial charge in [-0.1, -0.05) is 23.2 Å². The molecular weight excluding hydrogens is 295 g/mol. The molecule has 1 aromatic carbocycles. The molecule has 0 aromatic heterocycles. The Bertz CT molecular complexity index is 525. The monoisotopic (exact) mass is 314 g/mol. The molecule has 3 nitrogen and oxygen atoms in total. The lowest BCUT2D eigenvalue weighted by Crippen LogP contribution is -2.56. The third-order valence-corrected chi connectivity index (χ3v) is 4.22. The summed E-state index contributed by atoms with van der Waals surface area (Å²) in [6.45, 7) is 6.02. The molecule has 1 amide bonds. The van der Waals surface area contributed by atoms with Crippen molar-refractivity contribution in [3.8, 4) is 0 Å². The number of amides is 1. The molecule has 1 fully saturated rings.